The molecule has 1 N–H and O–H groups in total. The molecule has 108 valence electrons. The Morgan fingerprint density at radius 2 is 1.63 bits per heavy atom. The van der Waals surface area contributed by atoms with Gasteiger partial charge in [0, 0.05) is 25.7 Å². The summed E-state index contributed by atoms with van der Waals surface area (Å²) in [5.41, 5.74) is 5.73. The molecule has 0 aliphatic carbocycles. The predicted molar refractivity (Wildman–Crippen MR) is 85.0 cm³/mol. The Balaban J connectivity index is 2.42. The summed E-state index contributed by atoms with van der Waals surface area (Å²) in [6.45, 7) is 14.3. The van der Waals surface area contributed by atoms with Crippen LogP contribution in [0.5, 0.6) is 0 Å². The molecule has 0 spiro atoms. The predicted octanol–water partition coefficient (Wildman–Crippen LogP) is 3.08. The summed E-state index contributed by atoms with van der Waals surface area (Å²) in [4.78, 5) is 2.41. The van der Waals surface area contributed by atoms with Crippen LogP contribution in [0.3, 0.4) is 0 Å². The summed E-state index contributed by atoms with van der Waals surface area (Å²) in [6.07, 6.45) is 1.14. The van der Waals surface area contributed by atoms with Gasteiger partial charge in [-0.3, -0.25) is 0 Å². The highest BCUT2D eigenvalue weighted by Crippen LogP contribution is 2.15. The van der Waals surface area contributed by atoms with E-state index in [2.05, 4.69) is 64.0 Å². The molecule has 2 nitrogen and oxygen atoms in total. The van der Waals surface area contributed by atoms with Crippen LogP contribution in [-0.2, 0) is 6.42 Å². The van der Waals surface area contributed by atoms with Crippen LogP contribution in [0.2, 0.25) is 0 Å². The maximum atomic E-state index is 3.46. The summed E-state index contributed by atoms with van der Waals surface area (Å²) in [6, 6.07) is 5.24. The number of rotatable bonds is 7. The molecular formula is C17H30N2. The molecule has 0 aromatic heterocycles. The SMILES string of the molecule is Cc1cc(C)c(CCN(C)CCNC(C)C)cc1C. The van der Waals surface area contributed by atoms with Gasteiger partial charge in [0.25, 0.3) is 0 Å². The third-order valence-corrected chi connectivity index (χ3v) is 3.76. The first-order valence-corrected chi connectivity index (χ1v) is 7.38. The average molecular weight is 262 g/mol. The topological polar surface area (TPSA) is 15.3 Å². The maximum absolute atomic E-state index is 3.46. The van der Waals surface area contributed by atoms with Gasteiger partial charge in [-0.25, -0.2) is 0 Å². The van der Waals surface area contributed by atoms with E-state index in [9.17, 15) is 0 Å². The van der Waals surface area contributed by atoms with E-state index in [0.717, 1.165) is 26.1 Å². The Morgan fingerprint density at radius 1 is 1.00 bits per heavy atom. The van der Waals surface area contributed by atoms with Gasteiger partial charge in [-0.1, -0.05) is 26.0 Å². The van der Waals surface area contributed by atoms with Crippen molar-refractivity contribution in [1.82, 2.24) is 10.2 Å². The molecule has 0 fully saturated rings. The van der Waals surface area contributed by atoms with Crippen molar-refractivity contribution in [2.24, 2.45) is 0 Å². The van der Waals surface area contributed by atoms with E-state index in [4.69, 9.17) is 0 Å². The third-order valence-electron chi connectivity index (χ3n) is 3.76. The molecule has 0 aliphatic heterocycles. The lowest BCUT2D eigenvalue weighted by molar-refractivity contribution is 0.330. The van der Waals surface area contributed by atoms with Crippen LogP contribution < -0.4 is 5.32 Å². The van der Waals surface area contributed by atoms with Gasteiger partial charge in [0.2, 0.25) is 0 Å². The fraction of sp³-hybridized carbons (Fsp3) is 0.647. The van der Waals surface area contributed by atoms with Crippen molar-refractivity contribution in [2.75, 3.05) is 26.7 Å². The molecule has 19 heavy (non-hydrogen) atoms. The molecule has 0 radical (unpaired) electrons. The zero-order valence-electron chi connectivity index (χ0n) is 13.5. The second-order valence-electron chi connectivity index (χ2n) is 6.03. The smallest absolute Gasteiger partial charge is 0.0104 e. The van der Waals surface area contributed by atoms with Crippen molar-refractivity contribution >= 4 is 0 Å². The van der Waals surface area contributed by atoms with Crippen LogP contribution in [-0.4, -0.2) is 37.6 Å². The van der Waals surface area contributed by atoms with Gasteiger partial charge in [-0.2, -0.15) is 0 Å². The number of hydrogen-bond acceptors (Lipinski definition) is 2. The second-order valence-corrected chi connectivity index (χ2v) is 6.03. The number of aryl methyl sites for hydroxylation is 3. The minimum absolute atomic E-state index is 0.579. The van der Waals surface area contributed by atoms with Gasteiger partial charge >= 0.3 is 0 Å². The molecule has 0 unspecified atom stereocenters. The molecule has 1 aromatic rings. The third kappa shape index (κ3) is 5.75. The summed E-state index contributed by atoms with van der Waals surface area (Å²) in [5, 5.41) is 3.46. The van der Waals surface area contributed by atoms with E-state index in [1.807, 2.05) is 0 Å². The fourth-order valence-corrected chi connectivity index (χ4v) is 2.26. The van der Waals surface area contributed by atoms with Crippen molar-refractivity contribution in [3.05, 3.63) is 34.4 Å². The van der Waals surface area contributed by atoms with Crippen LogP contribution in [0, 0.1) is 20.8 Å². The normalized spacial score (nSPS) is 11.6. The molecule has 2 heteroatoms. The first-order chi connectivity index (χ1) is 8.90. The van der Waals surface area contributed by atoms with Crippen LogP contribution >= 0.6 is 0 Å². The van der Waals surface area contributed by atoms with E-state index in [1.165, 1.54) is 22.3 Å². The Labute approximate surface area is 119 Å². The van der Waals surface area contributed by atoms with Crippen LogP contribution in [0.25, 0.3) is 0 Å². The van der Waals surface area contributed by atoms with Crippen LogP contribution in [0.4, 0.5) is 0 Å². The highest BCUT2D eigenvalue weighted by atomic mass is 15.1. The van der Waals surface area contributed by atoms with Crippen molar-refractivity contribution in [3.8, 4) is 0 Å². The molecule has 0 aliphatic rings. The Hall–Kier alpha value is -0.860. The van der Waals surface area contributed by atoms with Crippen molar-refractivity contribution in [1.29, 1.82) is 0 Å². The van der Waals surface area contributed by atoms with Crippen LogP contribution in [0.15, 0.2) is 12.1 Å². The highest BCUT2D eigenvalue weighted by Gasteiger charge is 2.04. The zero-order valence-corrected chi connectivity index (χ0v) is 13.5. The Bertz CT molecular complexity index is 396. The van der Waals surface area contributed by atoms with Gasteiger partial charge in [-0.05, 0) is 56.5 Å². The maximum Gasteiger partial charge on any atom is 0.0104 e. The second kappa shape index (κ2) is 7.66. The molecule has 0 atom stereocenters. The summed E-state index contributed by atoms with van der Waals surface area (Å²) in [5.74, 6) is 0. The molecule has 0 saturated carbocycles. The van der Waals surface area contributed by atoms with E-state index in [1.54, 1.807) is 0 Å². The first kappa shape index (κ1) is 16.2. The van der Waals surface area contributed by atoms with E-state index in [-0.39, 0.29) is 0 Å². The standard InChI is InChI=1S/C17H30N2/c1-13(2)18-8-10-19(6)9-7-17-12-15(4)14(3)11-16(17)5/h11-13,18H,7-10H2,1-6H3. The van der Waals surface area contributed by atoms with E-state index >= 15 is 0 Å². The van der Waals surface area contributed by atoms with Gasteiger partial charge in [0.15, 0.2) is 0 Å². The largest absolute Gasteiger partial charge is 0.313 e. The van der Waals surface area contributed by atoms with Crippen molar-refractivity contribution < 1.29 is 0 Å². The van der Waals surface area contributed by atoms with E-state index < -0.39 is 0 Å². The molecule has 1 aromatic carbocycles. The quantitative estimate of drug-likeness (QED) is 0.812. The monoisotopic (exact) mass is 262 g/mol. The lowest BCUT2D eigenvalue weighted by atomic mass is 9.99. The van der Waals surface area contributed by atoms with Gasteiger partial charge in [0.1, 0.15) is 0 Å². The van der Waals surface area contributed by atoms with Crippen molar-refractivity contribution in [2.45, 2.75) is 47.1 Å². The number of hydrogen-bond donors (Lipinski definition) is 1. The molecule has 0 saturated heterocycles. The minimum atomic E-state index is 0.579. The highest BCUT2D eigenvalue weighted by molar-refractivity contribution is 5.36. The summed E-state index contributed by atoms with van der Waals surface area (Å²) in [7, 11) is 2.21. The number of nitrogens with one attached hydrogen (secondary N) is 1. The number of benzene rings is 1. The Kier molecular flexibility index (Phi) is 6.53. The average Bonchev–Trinajstić information content (AvgIpc) is 2.31. The van der Waals surface area contributed by atoms with Crippen LogP contribution in [0.1, 0.15) is 36.1 Å². The van der Waals surface area contributed by atoms with Crippen molar-refractivity contribution in [3.63, 3.8) is 0 Å². The Morgan fingerprint density at radius 3 is 2.26 bits per heavy atom. The number of nitrogens with zero attached hydrogens (tertiary/aromatic N) is 1. The first-order valence-electron chi connectivity index (χ1n) is 7.38. The summed E-state index contributed by atoms with van der Waals surface area (Å²) < 4.78 is 0. The molecule has 1 rings (SSSR count). The summed E-state index contributed by atoms with van der Waals surface area (Å²) >= 11 is 0. The van der Waals surface area contributed by atoms with Gasteiger partial charge in [0.05, 0.1) is 0 Å². The zero-order chi connectivity index (χ0) is 14.4. The number of likely N-dealkylation sites (N-methyl/N-ethyl adjacent to an activating group) is 1. The van der Waals surface area contributed by atoms with Gasteiger partial charge in [-0.15, -0.1) is 0 Å². The molecule has 0 amide bonds. The molecule has 0 bridgehead atoms. The molecule has 0 heterocycles. The molecular weight excluding hydrogens is 232 g/mol. The fourth-order valence-electron chi connectivity index (χ4n) is 2.26. The lowest BCUT2D eigenvalue weighted by Crippen LogP contribution is -2.33. The minimum Gasteiger partial charge on any atom is -0.313 e. The lowest BCUT2D eigenvalue weighted by Gasteiger charge is -2.19. The van der Waals surface area contributed by atoms with E-state index in [0.29, 0.717) is 6.04 Å². The van der Waals surface area contributed by atoms with Gasteiger partial charge < -0.3 is 10.2 Å².